The van der Waals surface area contributed by atoms with Gasteiger partial charge in [0, 0.05) is 24.3 Å². The van der Waals surface area contributed by atoms with E-state index in [2.05, 4.69) is 29.4 Å². The number of amides is 1. The second-order valence-corrected chi connectivity index (χ2v) is 5.42. The van der Waals surface area contributed by atoms with Crippen molar-refractivity contribution in [1.82, 2.24) is 10.2 Å². The number of carbonyl (C=O) groups is 1. The van der Waals surface area contributed by atoms with Crippen LogP contribution in [0.1, 0.15) is 20.3 Å². The molecule has 1 unspecified atom stereocenters. The van der Waals surface area contributed by atoms with Gasteiger partial charge in [0.05, 0.1) is 6.54 Å². The molecule has 1 aromatic carbocycles. The SMILES string of the molecule is CCC(C)NCC(=O)Nc1cccc(OCCN(C)C)c1. The lowest BCUT2D eigenvalue weighted by molar-refractivity contribution is -0.115. The molecular weight excluding hydrogens is 266 g/mol. The molecule has 1 rings (SSSR count). The van der Waals surface area contributed by atoms with Gasteiger partial charge < -0.3 is 20.3 Å². The van der Waals surface area contributed by atoms with Crippen LogP contribution in [0.5, 0.6) is 5.75 Å². The number of benzene rings is 1. The summed E-state index contributed by atoms with van der Waals surface area (Å²) in [5.74, 6) is 0.727. The lowest BCUT2D eigenvalue weighted by Crippen LogP contribution is -2.33. The summed E-state index contributed by atoms with van der Waals surface area (Å²) >= 11 is 0. The minimum atomic E-state index is -0.0410. The van der Waals surface area contributed by atoms with Gasteiger partial charge in [0.15, 0.2) is 0 Å². The first-order valence-corrected chi connectivity index (χ1v) is 7.42. The maximum Gasteiger partial charge on any atom is 0.238 e. The van der Waals surface area contributed by atoms with Crippen LogP contribution in [0, 0.1) is 0 Å². The Hall–Kier alpha value is -1.59. The third-order valence-corrected chi connectivity index (χ3v) is 3.15. The molecule has 118 valence electrons. The van der Waals surface area contributed by atoms with Gasteiger partial charge >= 0.3 is 0 Å². The van der Waals surface area contributed by atoms with Crippen molar-refractivity contribution in [2.45, 2.75) is 26.3 Å². The molecule has 1 amide bonds. The number of nitrogens with zero attached hydrogens (tertiary/aromatic N) is 1. The zero-order valence-corrected chi connectivity index (χ0v) is 13.5. The van der Waals surface area contributed by atoms with Crippen LogP contribution in [0.2, 0.25) is 0 Å². The molecule has 0 spiro atoms. The predicted octanol–water partition coefficient (Wildman–Crippen LogP) is 1.95. The first-order valence-electron chi connectivity index (χ1n) is 7.42. The van der Waals surface area contributed by atoms with E-state index in [0.717, 1.165) is 24.4 Å². The second kappa shape index (κ2) is 9.37. The molecule has 5 nitrogen and oxygen atoms in total. The maximum atomic E-state index is 11.8. The van der Waals surface area contributed by atoms with E-state index >= 15 is 0 Å². The number of hydrogen-bond acceptors (Lipinski definition) is 4. The van der Waals surface area contributed by atoms with Gasteiger partial charge in [-0.3, -0.25) is 4.79 Å². The van der Waals surface area contributed by atoms with Crippen LogP contribution in [0.4, 0.5) is 5.69 Å². The van der Waals surface area contributed by atoms with Crippen molar-refractivity contribution in [1.29, 1.82) is 0 Å². The lowest BCUT2D eigenvalue weighted by Gasteiger charge is -2.13. The fourth-order valence-corrected chi connectivity index (χ4v) is 1.63. The lowest BCUT2D eigenvalue weighted by atomic mass is 10.2. The van der Waals surface area contributed by atoms with Gasteiger partial charge in [-0.15, -0.1) is 0 Å². The highest BCUT2D eigenvalue weighted by Gasteiger charge is 2.05. The molecule has 0 aromatic heterocycles. The van der Waals surface area contributed by atoms with E-state index in [9.17, 15) is 4.79 Å². The van der Waals surface area contributed by atoms with Crippen molar-refractivity contribution < 1.29 is 9.53 Å². The Morgan fingerprint density at radius 3 is 2.81 bits per heavy atom. The number of nitrogens with one attached hydrogen (secondary N) is 2. The van der Waals surface area contributed by atoms with Crippen LogP contribution in [-0.2, 0) is 4.79 Å². The second-order valence-electron chi connectivity index (χ2n) is 5.42. The molecular formula is C16H27N3O2. The highest BCUT2D eigenvalue weighted by atomic mass is 16.5. The van der Waals surface area contributed by atoms with E-state index < -0.39 is 0 Å². The molecule has 1 aromatic rings. The van der Waals surface area contributed by atoms with E-state index in [1.807, 2.05) is 38.4 Å². The van der Waals surface area contributed by atoms with Crippen LogP contribution in [0.3, 0.4) is 0 Å². The van der Waals surface area contributed by atoms with Crippen LogP contribution >= 0.6 is 0 Å². The van der Waals surface area contributed by atoms with Gasteiger partial charge in [-0.25, -0.2) is 0 Å². The highest BCUT2D eigenvalue weighted by molar-refractivity contribution is 5.92. The van der Waals surface area contributed by atoms with E-state index in [1.54, 1.807) is 0 Å². The number of hydrogen-bond donors (Lipinski definition) is 2. The van der Waals surface area contributed by atoms with Gasteiger partial charge in [0.25, 0.3) is 0 Å². The summed E-state index contributed by atoms with van der Waals surface area (Å²) in [7, 11) is 4.01. The molecule has 21 heavy (non-hydrogen) atoms. The summed E-state index contributed by atoms with van der Waals surface area (Å²) in [6, 6.07) is 7.82. The average molecular weight is 293 g/mol. The van der Waals surface area contributed by atoms with Crippen molar-refractivity contribution in [3.63, 3.8) is 0 Å². The summed E-state index contributed by atoms with van der Waals surface area (Å²) < 4.78 is 5.65. The molecule has 0 bridgehead atoms. The minimum Gasteiger partial charge on any atom is -0.492 e. The van der Waals surface area contributed by atoms with Crippen molar-refractivity contribution in [3.8, 4) is 5.75 Å². The van der Waals surface area contributed by atoms with E-state index in [1.165, 1.54) is 0 Å². The standard InChI is InChI=1S/C16H27N3O2/c1-5-13(2)17-12-16(20)18-14-7-6-8-15(11-14)21-10-9-19(3)4/h6-8,11,13,17H,5,9-10,12H2,1-4H3,(H,18,20). The van der Waals surface area contributed by atoms with Crippen LogP contribution < -0.4 is 15.4 Å². The van der Waals surface area contributed by atoms with E-state index in [0.29, 0.717) is 19.2 Å². The summed E-state index contributed by atoms with van der Waals surface area (Å²) in [4.78, 5) is 13.9. The van der Waals surface area contributed by atoms with Gasteiger partial charge in [-0.1, -0.05) is 13.0 Å². The molecule has 0 saturated heterocycles. The quantitative estimate of drug-likeness (QED) is 0.731. The van der Waals surface area contributed by atoms with Crippen molar-refractivity contribution in [2.75, 3.05) is 39.1 Å². The molecule has 0 heterocycles. The topological polar surface area (TPSA) is 53.6 Å². The van der Waals surface area contributed by atoms with Crippen molar-refractivity contribution >= 4 is 11.6 Å². The van der Waals surface area contributed by atoms with E-state index in [4.69, 9.17) is 4.74 Å². The van der Waals surface area contributed by atoms with Gasteiger partial charge in [0.1, 0.15) is 12.4 Å². The Kier molecular flexibility index (Phi) is 7.79. The third kappa shape index (κ3) is 7.68. The molecule has 0 radical (unpaired) electrons. The first-order chi connectivity index (χ1) is 10.0. The summed E-state index contributed by atoms with van der Waals surface area (Å²) in [5, 5.41) is 6.03. The van der Waals surface area contributed by atoms with Gasteiger partial charge in [-0.2, -0.15) is 0 Å². The molecule has 0 aliphatic rings. The summed E-state index contributed by atoms with van der Waals surface area (Å²) in [6.45, 7) is 5.95. The Morgan fingerprint density at radius 1 is 1.38 bits per heavy atom. The largest absolute Gasteiger partial charge is 0.492 e. The Balaban J connectivity index is 2.42. The molecule has 0 saturated carbocycles. The summed E-state index contributed by atoms with van der Waals surface area (Å²) in [5.41, 5.74) is 0.758. The maximum absolute atomic E-state index is 11.8. The minimum absolute atomic E-state index is 0.0410. The Labute approximate surface area is 127 Å². The predicted molar refractivity (Wildman–Crippen MR) is 86.9 cm³/mol. The smallest absolute Gasteiger partial charge is 0.238 e. The first kappa shape index (κ1) is 17.5. The van der Waals surface area contributed by atoms with Crippen molar-refractivity contribution in [2.24, 2.45) is 0 Å². The van der Waals surface area contributed by atoms with Crippen LogP contribution in [0.25, 0.3) is 0 Å². The van der Waals surface area contributed by atoms with Gasteiger partial charge in [0.2, 0.25) is 5.91 Å². The molecule has 0 fully saturated rings. The molecule has 1 atom stereocenters. The fourth-order valence-electron chi connectivity index (χ4n) is 1.63. The monoisotopic (exact) mass is 293 g/mol. The number of rotatable bonds is 9. The molecule has 0 aliphatic carbocycles. The number of carbonyl (C=O) groups excluding carboxylic acids is 1. The van der Waals surface area contributed by atoms with Crippen LogP contribution in [-0.4, -0.2) is 50.6 Å². The zero-order valence-electron chi connectivity index (χ0n) is 13.5. The Bertz CT molecular complexity index is 435. The van der Waals surface area contributed by atoms with Crippen LogP contribution in [0.15, 0.2) is 24.3 Å². The summed E-state index contributed by atoms with van der Waals surface area (Å²) in [6.07, 6.45) is 1.00. The highest BCUT2D eigenvalue weighted by Crippen LogP contribution is 2.17. The zero-order chi connectivity index (χ0) is 15.7. The number of likely N-dealkylation sites (N-methyl/N-ethyl adjacent to an activating group) is 1. The van der Waals surface area contributed by atoms with Crippen molar-refractivity contribution in [3.05, 3.63) is 24.3 Å². The van der Waals surface area contributed by atoms with Gasteiger partial charge in [-0.05, 0) is 39.6 Å². The third-order valence-electron chi connectivity index (χ3n) is 3.15. The van der Waals surface area contributed by atoms with E-state index in [-0.39, 0.29) is 5.91 Å². The fraction of sp³-hybridized carbons (Fsp3) is 0.562. The normalized spacial score (nSPS) is 12.2. The molecule has 0 aliphatic heterocycles. The molecule has 5 heteroatoms. The Morgan fingerprint density at radius 2 is 2.14 bits per heavy atom. The number of anilines is 1. The average Bonchev–Trinajstić information content (AvgIpc) is 2.44. The number of ether oxygens (including phenoxy) is 1. The molecule has 2 N–H and O–H groups in total.